The lowest BCUT2D eigenvalue weighted by Gasteiger charge is -2.11. The minimum Gasteiger partial charge on any atom is -0.490 e. The Kier molecular flexibility index (Phi) is 4.11. The highest BCUT2D eigenvalue weighted by Gasteiger charge is 2.11. The number of aromatic nitrogens is 3. The van der Waals surface area contributed by atoms with E-state index in [1.54, 1.807) is 0 Å². The van der Waals surface area contributed by atoms with Gasteiger partial charge in [-0.05, 0) is 25.5 Å². The number of nitrogens with one attached hydrogen (secondary N) is 1. The van der Waals surface area contributed by atoms with Gasteiger partial charge in [-0.15, -0.1) is 0 Å². The zero-order valence-corrected chi connectivity index (χ0v) is 13.0. The van der Waals surface area contributed by atoms with Crippen molar-refractivity contribution in [1.82, 2.24) is 15.1 Å². The molecule has 0 amide bonds. The van der Waals surface area contributed by atoms with Crippen molar-refractivity contribution in [1.29, 1.82) is 0 Å². The van der Waals surface area contributed by atoms with Gasteiger partial charge in [-0.1, -0.05) is 28.9 Å². The van der Waals surface area contributed by atoms with E-state index in [0.717, 1.165) is 16.6 Å². The number of para-hydroxylation sites is 1. The molecule has 0 atom stereocenters. The molecular weight excluding hydrogens is 304 g/mol. The molecule has 22 heavy (non-hydrogen) atoms. The molecule has 3 aromatic rings. The lowest BCUT2D eigenvalue weighted by molar-refractivity contribution is 0.331. The van der Waals surface area contributed by atoms with Crippen molar-refractivity contribution in [2.24, 2.45) is 0 Å². The maximum atomic E-state index is 6.12. The molecule has 1 N–H and O–H groups in total. The molecule has 0 unspecified atom stereocenters. The van der Waals surface area contributed by atoms with Crippen LogP contribution in [0.25, 0.3) is 11.1 Å². The Morgan fingerprint density at radius 1 is 1.27 bits per heavy atom. The molecule has 0 aliphatic heterocycles. The van der Waals surface area contributed by atoms with Gasteiger partial charge >= 0.3 is 0 Å². The number of rotatable bonds is 5. The fourth-order valence-electron chi connectivity index (χ4n) is 2.18. The van der Waals surface area contributed by atoms with E-state index in [1.165, 1.54) is 6.33 Å². The van der Waals surface area contributed by atoms with Gasteiger partial charge < -0.3 is 14.6 Å². The van der Waals surface area contributed by atoms with E-state index in [-0.39, 0.29) is 0 Å². The minimum absolute atomic E-state index is 0.459. The average molecular weight is 319 g/mol. The molecule has 114 valence electrons. The molecule has 0 saturated heterocycles. The van der Waals surface area contributed by atoms with Crippen LogP contribution in [0.3, 0.4) is 0 Å². The smallest absolute Gasteiger partial charge is 0.263 e. The molecule has 0 aliphatic carbocycles. The molecule has 6 nitrogen and oxygen atoms in total. The number of ether oxygens (including phenoxy) is 1. The van der Waals surface area contributed by atoms with E-state index in [1.807, 2.05) is 32.0 Å². The van der Waals surface area contributed by atoms with Crippen LogP contribution in [0.2, 0.25) is 5.02 Å². The molecular formula is C15H15ClN4O2. The first-order valence-corrected chi connectivity index (χ1v) is 7.23. The van der Waals surface area contributed by atoms with E-state index >= 15 is 0 Å². The van der Waals surface area contributed by atoms with E-state index < -0.39 is 0 Å². The van der Waals surface area contributed by atoms with Gasteiger partial charge in [0, 0.05) is 0 Å². The number of anilines is 1. The summed E-state index contributed by atoms with van der Waals surface area (Å²) in [4.78, 5) is 8.25. The van der Waals surface area contributed by atoms with E-state index in [4.69, 9.17) is 20.9 Å². The largest absolute Gasteiger partial charge is 0.490 e. The summed E-state index contributed by atoms with van der Waals surface area (Å²) >= 11 is 6.12. The maximum Gasteiger partial charge on any atom is 0.263 e. The van der Waals surface area contributed by atoms with Gasteiger partial charge in [-0.25, -0.2) is 4.98 Å². The van der Waals surface area contributed by atoms with Crippen LogP contribution < -0.4 is 10.1 Å². The fourth-order valence-corrected chi connectivity index (χ4v) is 2.45. The molecule has 1 aromatic carbocycles. The average Bonchev–Trinajstić information content (AvgIpc) is 2.88. The Hall–Kier alpha value is -2.34. The number of benzene rings is 1. The minimum atomic E-state index is 0.459. The van der Waals surface area contributed by atoms with Gasteiger partial charge in [0.1, 0.15) is 29.9 Å². The van der Waals surface area contributed by atoms with Gasteiger partial charge in [-0.3, -0.25) is 0 Å². The SMILES string of the molecule is Cc1cccc(Cl)c1OCCNc1ncnc2onc(C)c12. The van der Waals surface area contributed by atoms with Gasteiger partial charge in [0.2, 0.25) is 0 Å². The second-order valence-corrected chi connectivity index (χ2v) is 5.24. The molecule has 2 aromatic heterocycles. The third kappa shape index (κ3) is 2.82. The van der Waals surface area contributed by atoms with Gasteiger partial charge in [0.05, 0.1) is 17.3 Å². The molecule has 0 spiro atoms. The summed E-state index contributed by atoms with van der Waals surface area (Å²) in [5.41, 5.74) is 2.23. The topological polar surface area (TPSA) is 73.1 Å². The first kappa shape index (κ1) is 14.6. The Morgan fingerprint density at radius 2 is 2.14 bits per heavy atom. The molecule has 0 fully saturated rings. The van der Waals surface area contributed by atoms with E-state index in [0.29, 0.717) is 35.5 Å². The quantitative estimate of drug-likeness (QED) is 0.727. The van der Waals surface area contributed by atoms with Crippen LogP contribution in [0.4, 0.5) is 5.82 Å². The third-order valence-electron chi connectivity index (χ3n) is 3.25. The number of halogens is 1. The van der Waals surface area contributed by atoms with Gasteiger partial charge in [0.25, 0.3) is 5.71 Å². The summed E-state index contributed by atoms with van der Waals surface area (Å²) in [6.07, 6.45) is 1.44. The monoisotopic (exact) mass is 318 g/mol. The summed E-state index contributed by atoms with van der Waals surface area (Å²) in [7, 11) is 0. The van der Waals surface area contributed by atoms with Crippen molar-refractivity contribution in [3.8, 4) is 5.75 Å². The first-order chi connectivity index (χ1) is 10.7. The lowest BCUT2D eigenvalue weighted by atomic mass is 10.2. The highest BCUT2D eigenvalue weighted by Crippen LogP contribution is 2.28. The zero-order valence-electron chi connectivity index (χ0n) is 12.3. The standard InChI is InChI=1S/C15H15ClN4O2/c1-9-4-3-5-11(16)13(9)21-7-6-17-14-12-10(2)20-22-15(12)19-8-18-14/h3-5,8H,6-7H2,1-2H3,(H,17,18,19). The summed E-state index contributed by atoms with van der Waals surface area (Å²) in [5.74, 6) is 1.39. The highest BCUT2D eigenvalue weighted by atomic mass is 35.5. The number of nitrogens with zero attached hydrogens (tertiary/aromatic N) is 3. The Morgan fingerprint density at radius 3 is 2.95 bits per heavy atom. The van der Waals surface area contributed by atoms with Crippen molar-refractivity contribution in [2.45, 2.75) is 13.8 Å². The van der Waals surface area contributed by atoms with Crippen molar-refractivity contribution in [3.05, 3.63) is 40.8 Å². The van der Waals surface area contributed by atoms with Crippen molar-refractivity contribution < 1.29 is 9.26 Å². The summed E-state index contributed by atoms with van der Waals surface area (Å²) in [6.45, 7) is 4.84. The van der Waals surface area contributed by atoms with E-state index in [9.17, 15) is 0 Å². The molecule has 2 heterocycles. The Balaban J connectivity index is 1.65. The van der Waals surface area contributed by atoms with Crippen LogP contribution in [0.1, 0.15) is 11.3 Å². The molecule has 0 aliphatic rings. The first-order valence-electron chi connectivity index (χ1n) is 6.85. The molecule has 3 rings (SSSR count). The van der Waals surface area contributed by atoms with Crippen LogP contribution in [-0.4, -0.2) is 28.3 Å². The summed E-state index contributed by atoms with van der Waals surface area (Å²) in [5, 5.41) is 8.49. The predicted octanol–water partition coefficient (Wildman–Crippen LogP) is 3.38. The predicted molar refractivity (Wildman–Crippen MR) is 84.5 cm³/mol. The number of fused-ring (bicyclic) bond motifs is 1. The second-order valence-electron chi connectivity index (χ2n) is 4.83. The van der Waals surface area contributed by atoms with Crippen LogP contribution in [-0.2, 0) is 0 Å². The number of aryl methyl sites for hydroxylation is 2. The Labute approximate surface area is 132 Å². The van der Waals surface area contributed by atoms with Crippen LogP contribution in [0.15, 0.2) is 29.0 Å². The van der Waals surface area contributed by atoms with E-state index in [2.05, 4.69) is 20.4 Å². The number of hydrogen-bond donors (Lipinski definition) is 1. The van der Waals surface area contributed by atoms with Gasteiger partial charge in [-0.2, -0.15) is 4.98 Å². The third-order valence-corrected chi connectivity index (χ3v) is 3.55. The van der Waals surface area contributed by atoms with Crippen molar-refractivity contribution >= 4 is 28.5 Å². The second kappa shape index (κ2) is 6.19. The summed E-state index contributed by atoms with van der Waals surface area (Å²) < 4.78 is 10.8. The molecule has 0 radical (unpaired) electrons. The van der Waals surface area contributed by atoms with Crippen molar-refractivity contribution in [2.75, 3.05) is 18.5 Å². The lowest BCUT2D eigenvalue weighted by Crippen LogP contribution is -2.13. The molecule has 0 bridgehead atoms. The fraction of sp³-hybridized carbons (Fsp3) is 0.267. The van der Waals surface area contributed by atoms with Crippen molar-refractivity contribution in [3.63, 3.8) is 0 Å². The summed E-state index contributed by atoms with van der Waals surface area (Å²) in [6, 6.07) is 5.67. The van der Waals surface area contributed by atoms with Crippen LogP contribution in [0, 0.1) is 13.8 Å². The normalized spacial score (nSPS) is 10.9. The van der Waals surface area contributed by atoms with Gasteiger partial charge in [0.15, 0.2) is 0 Å². The number of hydrogen-bond acceptors (Lipinski definition) is 6. The maximum absolute atomic E-state index is 6.12. The molecule has 0 saturated carbocycles. The van der Waals surface area contributed by atoms with Crippen LogP contribution in [0.5, 0.6) is 5.75 Å². The molecule has 7 heteroatoms. The Bertz CT molecular complexity index is 783. The highest BCUT2D eigenvalue weighted by molar-refractivity contribution is 6.32. The van der Waals surface area contributed by atoms with Crippen LogP contribution >= 0.6 is 11.6 Å². The zero-order chi connectivity index (χ0) is 15.5.